The molecular formula is C10H9Cl3O4. The predicted molar refractivity (Wildman–Crippen MR) is 65.7 cm³/mol. The highest BCUT2D eigenvalue weighted by Gasteiger charge is 2.21. The van der Waals surface area contributed by atoms with E-state index in [9.17, 15) is 4.79 Å². The van der Waals surface area contributed by atoms with Crippen LogP contribution in [0, 0.1) is 0 Å². The molecule has 1 aromatic rings. The Kier molecular flexibility index (Phi) is 4.74. The van der Waals surface area contributed by atoms with Crippen LogP contribution in [0.25, 0.3) is 0 Å². The second-order valence-corrected chi connectivity index (χ2v) is 4.31. The average Bonchev–Trinajstić information content (AvgIpc) is 2.24. The van der Waals surface area contributed by atoms with Crippen LogP contribution in [0.5, 0.6) is 11.5 Å². The minimum Gasteiger partial charge on any atom is -0.493 e. The van der Waals surface area contributed by atoms with E-state index >= 15 is 0 Å². The fraction of sp³-hybridized carbons (Fsp3) is 0.300. The molecule has 0 saturated heterocycles. The number of carbonyl (C=O) groups is 1. The van der Waals surface area contributed by atoms with Crippen molar-refractivity contribution in [3.05, 3.63) is 21.1 Å². The van der Waals surface area contributed by atoms with Gasteiger partial charge in [0, 0.05) is 0 Å². The summed E-state index contributed by atoms with van der Waals surface area (Å²) < 4.78 is 10.1. The van der Waals surface area contributed by atoms with E-state index in [0.29, 0.717) is 0 Å². The lowest BCUT2D eigenvalue weighted by Gasteiger charge is -2.16. The highest BCUT2D eigenvalue weighted by molar-refractivity contribution is 6.42. The zero-order valence-corrected chi connectivity index (χ0v) is 11.2. The first-order valence-electron chi connectivity index (χ1n) is 4.49. The zero-order valence-electron chi connectivity index (χ0n) is 8.96. The van der Waals surface area contributed by atoms with Gasteiger partial charge in [-0.2, -0.15) is 0 Å². The van der Waals surface area contributed by atoms with Crippen molar-refractivity contribution < 1.29 is 19.4 Å². The number of benzene rings is 1. The fourth-order valence-electron chi connectivity index (χ4n) is 1.08. The van der Waals surface area contributed by atoms with Crippen LogP contribution in [0.4, 0.5) is 0 Å². The van der Waals surface area contributed by atoms with Gasteiger partial charge < -0.3 is 14.6 Å². The Morgan fingerprint density at radius 3 is 2.29 bits per heavy atom. The summed E-state index contributed by atoms with van der Waals surface area (Å²) in [4.78, 5) is 10.7. The number of carboxylic acid groups (broad SMARTS) is 1. The highest BCUT2D eigenvalue weighted by Crippen LogP contribution is 2.44. The molecule has 1 atom stereocenters. The normalized spacial score (nSPS) is 12.1. The number of rotatable bonds is 4. The van der Waals surface area contributed by atoms with E-state index in [1.54, 1.807) is 0 Å². The van der Waals surface area contributed by atoms with Crippen LogP contribution in [0.1, 0.15) is 6.92 Å². The molecule has 0 aliphatic rings. The number of halogens is 3. The van der Waals surface area contributed by atoms with E-state index in [-0.39, 0.29) is 26.6 Å². The molecule has 17 heavy (non-hydrogen) atoms. The second kappa shape index (κ2) is 5.67. The Morgan fingerprint density at radius 1 is 1.29 bits per heavy atom. The summed E-state index contributed by atoms with van der Waals surface area (Å²) in [6.45, 7) is 1.36. The lowest BCUT2D eigenvalue weighted by Crippen LogP contribution is -2.23. The minimum atomic E-state index is -1.13. The molecule has 1 rings (SSSR count). The first kappa shape index (κ1) is 14.2. The maximum atomic E-state index is 10.7. The molecule has 0 spiro atoms. The molecule has 0 aliphatic heterocycles. The van der Waals surface area contributed by atoms with E-state index in [2.05, 4.69) is 0 Å². The quantitative estimate of drug-likeness (QED) is 0.924. The lowest BCUT2D eigenvalue weighted by atomic mass is 10.3. The van der Waals surface area contributed by atoms with Crippen LogP contribution >= 0.6 is 34.8 Å². The van der Waals surface area contributed by atoms with Gasteiger partial charge in [0.25, 0.3) is 0 Å². The van der Waals surface area contributed by atoms with Gasteiger partial charge in [-0.3, -0.25) is 0 Å². The third-order valence-electron chi connectivity index (χ3n) is 1.93. The van der Waals surface area contributed by atoms with Gasteiger partial charge in [-0.05, 0) is 13.0 Å². The average molecular weight is 300 g/mol. The van der Waals surface area contributed by atoms with Crippen molar-refractivity contribution in [2.45, 2.75) is 13.0 Å². The van der Waals surface area contributed by atoms with Gasteiger partial charge in [-0.25, -0.2) is 4.79 Å². The molecule has 94 valence electrons. The van der Waals surface area contributed by atoms with Gasteiger partial charge in [-0.15, -0.1) is 0 Å². The van der Waals surface area contributed by atoms with Crippen molar-refractivity contribution in [2.24, 2.45) is 0 Å². The van der Waals surface area contributed by atoms with E-state index < -0.39 is 12.1 Å². The first-order chi connectivity index (χ1) is 7.88. The van der Waals surface area contributed by atoms with E-state index in [1.807, 2.05) is 0 Å². The third-order valence-corrected chi connectivity index (χ3v) is 2.84. The first-order valence-corrected chi connectivity index (χ1v) is 5.62. The molecule has 1 N–H and O–H groups in total. The Bertz CT molecular complexity index is 448. The molecule has 0 bridgehead atoms. The van der Waals surface area contributed by atoms with Crippen molar-refractivity contribution in [1.82, 2.24) is 0 Å². The van der Waals surface area contributed by atoms with E-state index in [0.717, 1.165) is 0 Å². The predicted octanol–water partition coefficient (Wildman–Crippen LogP) is 3.51. The van der Waals surface area contributed by atoms with Crippen molar-refractivity contribution in [1.29, 1.82) is 0 Å². The molecule has 0 heterocycles. The van der Waals surface area contributed by atoms with Gasteiger partial charge in [0.1, 0.15) is 5.02 Å². The number of ether oxygens (including phenoxy) is 2. The summed E-state index contributed by atoms with van der Waals surface area (Å²) in [6, 6.07) is 1.37. The van der Waals surface area contributed by atoms with Gasteiger partial charge in [0.15, 0.2) is 17.6 Å². The molecular weight excluding hydrogens is 290 g/mol. The largest absolute Gasteiger partial charge is 0.493 e. The van der Waals surface area contributed by atoms with Crippen LogP contribution in [0.3, 0.4) is 0 Å². The molecule has 0 radical (unpaired) electrons. The summed E-state index contributed by atoms with van der Waals surface area (Å²) in [5.41, 5.74) is 0. The molecule has 0 fully saturated rings. The number of aliphatic carboxylic acids is 1. The summed E-state index contributed by atoms with van der Waals surface area (Å²) in [6.07, 6.45) is -1.09. The fourth-order valence-corrected chi connectivity index (χ4v) is 2.08. The molecule has 0 aliphatic carbocycles. The van der Waals surface area contributed by atoms with Gasteiger partial charge in [0.2, 0.25) is 0 Å². The summed E-state index contributed by atoms with van der Waals surface area (Å²) in [7, 11) is 1.38. The van der Waals surface area contributed by atoms with Crippen molar-refractivity contribution in [3.8, 4) is 11.5 Å². The lowest BCUT2D eigenvalue weighted by molar-refractivity contribution is -0.144. The summed E-state index contributed by atoms with van der Waals surface area (Å²) in [5.74, 6) is -0.916. The van der Waals surface area contributed by atoms with Gasteiger partial charge in [0.05, 0.1) is 17.2 Å². The van der Waals surface area contributed by atoms with Crippen LogP contribution in [-0.2, 0) is 4.79 Å². The standard InChI is InChI=1S/C10H9Cl3O4/c1-4(10(14)15)17-9-6(12)3-5(11)8(16-2)7(9)13/h3-4H,1-2H3,(H,14,15). The van der Waals surface area contributed by atoms with Crippen molar-refractivity contribution in [3.63, 3.8) is 0 Å². The van der Waals surface area contributed by atoms with Crippen molar-refractivity contribution in [2.75, 3.05) is 7.11 Å². The summed E-state index contributed by atoms with van der Waals surface area (Å²) in [5, 5.41) is 9.12. The SMILES string of the molecule is COc1c(Cl)cc(Cl)c(OC(C)C(=O)O)c1Cl. The summed E-state index contributed by atoms with van der Waals surface area (Å²) >= 11 is 17.7. The molecule has 7 heteroatoms. The van der Waals surface area contributed by atoms with Crippen LogP contribution in [-0.4, -0.2) is 24.3 Å². The molecule has 4 nitrogen and oxygen atoms in total. The third kappa shape index (κ3) is 3.09. The molecule has 0 saturated carbocycles. The topological polar surface area (TPSA) is 55.8 Å². The Hall–Kier alpha value is -0.840. The van der Waals surface area contributed by atoms with Gasteiger partial charge in [-0.1, -0.05) is 34.8 Å². The Labute approximate surface area is 113 Å². The number of hydrogen-bond donors (Lipinski definition) is 1. The van der Waals surface area contributed by atoms with Crippen molar-refractivity contribution >= 4 is 40.8 Å². The number of methoxy groups -OCH3 is 1. The zero-order chi connectivity index (χ0) is 13.2. The molecule has 0 amide bonds. The monoisotopic (exact) mass is 298 g/mol. The number of carboxylic acids is 1. The Balaban J connectivity index is 3.20. The van der Waals surface area contributed by atoms with Crippen LogP contribution in [0.2, 0.25) is 15.1 Å². The smallest absolute Gasteiger partial charge is 0.344 e. The maximum Gasteiger partial charge on any atom is 0.344 e. The molecule has 1 aromatic carbocycles. The van der Waals surface area contributed by atoms with E-state index in [4.69, 9.17) is 49.4 Å². The highest BCUT2D eigenvalue weighted by atomic mass is 35.5. The molecule has 1 unspecified atom stereocenters. The molecule has 0 aromatic heterocycles. The van der Waals surface area contributed by atoms with Crippen LogP contribution in [0.15, 0.2) is 6.07 Å². The minimum absolute atomic E-state index is 0.0319. The van der Waals surface area contributed by atoms with Crippen LogP contribution < -0.4 is 9.47 Å². The second-order valence-electron chi connectivity index (χ2n) is 3.11. The number of hydrogen-bond acceptors (Lipinski definition) is 3. The Morgan fingerprint density at radius 2 is 1.82 bits per heavy atom. The van der Waals surface area contributed by atoms with Gasteiger partial charge >= 0.3 is 5.97 Å². The maximum absolute atomic E-state index is 10.7. The van der Waals surface area contributed by atoms with E-state index in [1.165, 1.54) is 20.1 Å².